The van der Waals surface area contributed by atoms with Gasteiger partial charge in [-0.15, -0.1) is 0 Å². The number of aliphatic carboxylic acids is 1. The summed E-state index contributed by atoms with van der Waals surface area (Å²) in [6.07, 6.45) is 2.26. The van der Waals surface area contributed by atoms with E-state index >= 15 is 0 Å². The van der Waals surface area contributed by atoms with Crippen LogP contribution >= 0.6 is 0 Å². The normalized spacial score (nSPS) is 24.9. The maximum atomic E-state index is 12.7. The van der Waals surface area contributed by atoms with Gasteiger partial charge >= 0.3 is 5.97 Å². The van der Waals surface area contributed by atoms with E-state index in [-0.39, 0.29) is 11.8 Å². The zero-order valence-corrected chi connectivity index (χ0v) is 11.1. The van der Waals surface area contributed by atoms with Crippen LogP contribution in [-0.2, 0) is 9.59 Å². The van der Waals surface area contributed by atoms with Crippen molar-refractivity contribution in [2.45, 2.75) is 31.2 Å². The Kier molecular flexibility index (Phi) is 3.34. The molecule has 5 nitrogen and oxygen atoms in total. The first-order valence-corrected chi connectivity index (χ1v) is 6.93. The highest BCUT2D eigenvalue weighted by Gasteiger charge is 2.39. The molecule has 0 unspecified atom stereocenters. The highest BCUT2D eigenvalue weighted by molar-refractivity contribution is 5.89. The maximum absolute atomic E-state index is 12.7. The van der Waals surface area contributed by atoms with Crippen molar-refractivity contribution in [1.82, 2.24) is 4.90 Å². The molecule has 1 fully saturated rings. The first kappa shape index (κ1) is 13.0. The lowest BCUT2D eigenvalue weighted by molar-refractivity contribution is -0.152. The Morgan fingerprint density at radius 3 is 2.85 bits per heavy atom. The van der Waals surface area contributed by atoms with Crippen molar-refractivity contribution in [3.8, 4) is 5.75 Å². The molecule has 2 atom stereocenters. The molecule has 1 aromatic rings. The number of fused-ring (bicyclic) bond motifs is 1. The molecule has 2 aliphatic rings. The Bertz CT molecular complexity index is 542. The Morgan fingerprint density at radius 2 is 2.05 bits per heavy atom. The summed E-state index contributed by atoms with van der Waals surface area (Å²) in [6, 6.07) is 6.77. The van der Waals surface area contributed by atoms with Crippen LogP contribution in [0.1, 0.15) is 30.7 Å². The van der Waals surface area contributed by atoms with Crippen LogP contribution in [0.3, 0.4) is 0 Å². The third kappa shape index (κ3) is 2.13. The van der Waals surface area contributed by atoms with Gasteiger partial charge in [-0.25, -0.2) is 4.79 Å². The Morgan fingerprint density at radius 1 is 1.25 bits per heavy atom. The number of carboxylic acids is 1. The van der Waals surface area contributed by atoms with Crippen LogP contribution in [0.15, 0.2) is 24.3 Å². The van der Waals surface area contributed by atoms with Gasteiger partial charge in [0.05, 0.1) is 0 Å². The molecular formula is C15H17NO4. The molecule has 3 rings (SSSR count). The number of carboxylic acid groups (broad SMARTS) is 1. The minimum Gasteiger partial charge on any atom is -0.492 e. The van der Waals surface area contributed by atoms with Crippen molar-refractivity contribution in [3.05, 3.63) is 29.8 Å². The van der Waals surface area contributed by atoms with Crippen LogP contribution in [0.2, 0.25) is 0 Å². The summed E-state index contributed by atoms with van der Waals surface area (Å²) in [7, 11) is 0. The van der Waals surface area contributed by atoms with E-state index in [4.69, 9.17) is 4.74 Å². The number of para-hydroxylation sites is 1. The van der Waals surface area contributed by atoms with E-state index in [0.29, 0.717) is 19.6 Å². The molecule has 1 N–H and O–H groups in total. The molecule has 0 saturated carbocycles. The van der Waals surface area contributed by atoms with Gasteiger partial charge in [-0.05, 0) is 25.3 Å². The molecule has 1 saturated heterocycles. The number of rotatable bonds is 2. The van der Waals surface area contributed by atoms with Gasteiger partial charge in [0.25, 0.3) is 0 Å². The Balaban J connectivity index is 1.84. The smallest absolute Gasteiger partial charge is 0.326 e. The van der Waals surface area contributed by atoms with Gasteiger partial charge in [-0.2, -0.15) is 0 Å². The third-order valence-corrected chi connectivity index (χ3v) is 4.07. The molecule has 5 heteroatoms. The van der Waals surface area contributed by atoms with Crippen LogP contribution < -0.4 is 4.74 Å². The first-order chi connectivity index (χ1) is 9.68. The van der Waals surface area contributed by atoms with Gasteiger partial charge in [0.1, 0.15) is 24.3 Å². The molecule has 0 radical (unpaired) electrons. The van der Waals surface area contributed by atoms with E-state index in [0.717, 1.165) is 24.2 Å². The fourth-order valence-corrected chi connectivity index (χ4v) is 3.02. The van der Waals surface area contributed by atoms with Gasteiger partial charge in [-0.3, -0.25) is 4.79 Å². The summed E-state index contributed by atoms with van der Waals surface area (Å²) < 4.78 is 5.52. The van der Waals surface area contributed by atoms with E-state index in [1.54, 1.807) is 0 Å². The lowest BCUT2D eigenvalue weighted by Crippen LogP contribution is -2.49. The molecule has 0 bridgehead atoms. The minimum atomic E-state index is -0.912. The number of ether oxygens (including phenoxy) is 1. The number of carbonyl (C=O) groups excluding carboxylic acids is 1. The number of amides is 1. The van der Waals surface area contributed by atoms with Gasteiger partial charge in [-0.1, -0.05) is 18.2 Å². The van der Waals surface area contributed by atoms with E-state index in [1.165, 1.54) is 4.90 Å². The monoisotopic (exact) mass is 275 g/mol. The Hall–Kier alpha value is -2.04. The summed E-state index contributed by atoms with van der Waals surface area (Å²) in [5.41, 5.74) is 0.868. The zero-order chi connectivity index (χ0) is 14.1. The van der Waals surface area contributed by atoms with Crippen LogP contribution in [0.4, 0.5) is 0 Å². The second kappa shape index (κ2) is 5.15. The Labute approximate surface area is 117 Å². The molecule has 2 aliphatic heterocycles. The van der Waals surface area contributed by atoms with Crippen molar-refractivity contribution < 1.29 is 19.4 Å². The highest BCUT2D eigenvalue weighted by Crippen LogP contribution is 2.35. The second-order valence-electron chi connectivity index (χ2n) is 5.28. The number of likely N-dealkylation sites (tertiary alicyclic amines) is 1. The minimum absolute atomic E-state index is 0.123. The van der Waals surface area contributed by atoms with Crippen LogP contribution in [0.25, 0.3) is 0 Å². The van der Waals surface area contributed by atoms with Crippen molar-refractivity contribution in [2.75, 3.05) is 13.2 Å². The summed E-state index contributed by atoms with van der Waals surface area (Å²) in [4.78, 5) is 25.5. The molecule has 0 aromatic heterocycles. The summed E-state index contributed by atoms with van der Waals surface area (Å²) >= 11 is 0. The predicted molar refractivity (Wildman–Crippen MR) is 71.7 cm³/mol. The average molecular weight is 275 g/mol. The molecule has 0 spiro atoms. The molecule has 2 heterocycles. The maximum Gasteiger partial charge on any atom is 0.326 e. The molecule has 20 heavy (non-hydrogen) atoms. The van der Waals surface area contributed by atoms with Gasteiger partial charge < -0.3 is 14.7 Å². The third-order valence-electron chi connectivity index (χ3n) is 4.07. The van der Waals surface area contributed by atoms with Crippen LogP contribution in [0.5, 0.6) is 5.75 Å². The predicted octanol–water partition coefficient (Wildman–Crippen LogP) is 1.63. The van der Waals surface area contributed by atoms with Crippen molar-refractivity contribution in [1.29, 1.82) is 0 Å². The van der Waals surface area contributed by atoms with Crippen LogP contribution in [-0.4, -0.2) is 41.1 Å². The van der Waals surface area contributed by atoms with E-state index < -0.39 is 12.0 Å². The van der Waals surface area contributed by atoms with Crippen molar-refractivity contribution >= 4 is 11.9 Å². The first-order valence-electron chi connectivity index (χ1n) is 6.93. The summed E-state index contributed by atoms with van der Waals surface area (Å²) in [5.74, 6) is -0.673. The highest BCUT2D eigenvalue weighted by atomic mass is 16.5. The van der Waals surface area contributed by atoms with E-state index in [1.807, 2.05) is 24.3 Å². The van der Waals surface area contributed by atoms with Crippen molar-refractivity contribution in [3.63, 3.8) is 0 Å². The topological polar surface area (TPSA) is 66.8 Å². The quantitative estimate of drug-likeness (QED) is 0.890. The number of piperidine rings is 1. The lowest BCUT2D eigenvalue weighted by atomic mass is 9.95. The van der Waals surface area contributed by atoms with E-state index in [2.05, 4.69) is 0 Å². The largest absolute Gasteiger partial charge is 0.492 e. The molecule has 106 valence electrons. The summed E-state index contributed by atoms with van der Waals surface area (Å²) in [6.45, 7) is 0.829. The molecule has 1 amide bonds. The lowest BCUT2D eigenvalue weighted by Gasteiger charge is -2.34. The second-order valence-corrected chi connectivity index (χ2v) is 5.28. The number of carbonyl (C=O) groups is 2. The van der Waals surface area contributed by atoms with Gasteiger partial charge in [0, 0.05) is 12.1 Å². The van der Waals surface area contributed by atoms with Crippen LogP contribution in [0, 0.1) is 0 Å². The molecule has 0 aliphatic carbocycles. The number of hydrogen-bond acceptors (Lipinski definition) is 3. The van der Waals surface area contributed by atoms with E-state index in [9.17, 15) is 14.7 Å². The SMILES string of the molecule is O=C(O)[C@H]1CCCCN1C(=O)[C@H]1COc2ccccc21. The van der Waals surface area contributed by atoms with Crippen molar-refractivity contribution in [2.24, 2.45) is 0 Å². The number of hydrogen-bond donors (Lipinski definition) is 1. The number of benzene rings is 1. The standard InChI is InChI=1S/C15H17NO4/c17-14(16-8-4-3-6-12(16)15(18)19)11-9-20-13-7-2-1-5-10(11)13/h1-2,5,7,11-12H,3-4,6,8-9H2,(H,18,19)/t11-,12+/m0/s1. The summed E-state index contributed by atoms with van der Waals surface area (Å²) in [5, 5.41) is 9.27. The molecule has 1 aromatic carbocycles. The fraction of sp³-hybridized carbons (Fsp3) is 0.467. The molecular weight excluding hydrogens is 258 g/mol. The fourth-order valence-electron chi connectivity index (χ4n) is 3.02. The number of nitrogens with zero attached hydrogens (tertiary/aromatic N) is 1. The van der Waals surface area contributed by atoms with Gasteiger partial charge in [0.2, 0.25) is 5.91 Å². The zero-order valence-electron chi connectivity index (χ0n) is 11.1. The average Bonchev–Trinajstić information content (AvgIpc) is 2.90. The van der Waals surface area contributed by atoms with Gasteiger partial charge in [0.15, 0.2) is 0 Å².